The Morgan fingerprint density at radius 3 is 2.44 bits per heavy atom. The van der Waals surface area contributed by atoms with Crippen molar-refractivity contribution in [3.05, 3.63) is 71.3 Å². The molecule has 1 aliphatic rings. The molecular formula is C23H23F4N5O2. The lowest BCUT2D eigenvalue weighted by atomic mass is 10.0. The fourth-order valence-corrected chi connectivity index (χ4v) is 4.02. The van der Waals surface area contributed by atoms with E-state index in [9.17, 15) is 22.4 Å². The number of hydrogen-bond donors (Lipinski definition) is 1. The van der Waals surface area contributed by atoms with Gasteiger partial charge in [0, 0.05) is 31.2 Å². The molecule has 11 heteroatoms. The predicted octanol–water partition coefficient (Wildman–Crippen LogP) is 3.83. The van der Waals surface area contributed by atoms with Crippen molar-refractivity contribution in [1.29, 1.82) is 0 Å². The van der Waals surface area contributed by atoms with Gasteiger partial charge in [0.2, 0.25) is 0 Å². The van der Waals surface area contributed by atoms with Gasteiger partial charge in [0.15, 0.2) is 11.4 Å². The second-order valence-corrected chi connectivity index (χ2v) is 8.01. The maximum atomic E-state index is 13.8. The van der Waals surface area contributed by atoms with Crippen molar-refractivity contribution in [2.75, 3.05) is 20.2 Å². The maximum absolute atomic E-state index is 13.8. The van der Waals surface area contributed by atoms with Crippen molar-refractivity contribution in [2.45, 2.75) is 31.6 Å². The minimum absolute atomic E-state index is 0.0510. The van der Waals surface area contributed by atoms with Crippen molar-refractivity contribution in [2.24, 2.45) is 0 Å². The fraction of sp³-hybridized carbons (Fsp3) is 0.348. The SMILES string of the molecule is COc1ccccc1CN1CCC(NC(=O)c2nnn(-c3ccc(F)cc3)c2C(F)(F)F)CC1. The molecular weight excluding hydrogens is 454 g/mol. The van der Waals surface area contributed by atoms with Crippen LogP contribution in [-0.2, 0) is 12.7 Å². The molecule has 2 heterocycles. The lowest BCUT2D eigenvalue weighted by molar-refractivity contribution is -0.143. The number of para-hydroxylation sites is 1. The average Bonchev–Trinajstić information content (AvgIpc) is 3.27. The topological polar surface area (TPSA) is 72.3 Å². The molecule has 1 fully saturated rings. The molecule has 1 saturated heterocycles. The molecule has 1 amide bonds. The van der Waals surface area contributed by atoms with Crippen LogP contribution in [0.15, 0.2) is 48.5 Å². The molecule has 0 bridgehead atoms. The number of alkyl halides is 3. The number of aromatic nitrogens is 3. The van der Waals surface area contributed by atoms with Gasteiger partial charge in [0.05, 0.1) is 12.8 Å². The summed E-state index contributed by atoms with van der Waals surface area (Å²) in [7, 11) is 1.61. The Morgan fingerprint density at radius 1 is 1.12 bits per heavy atom. The summed E-state index contributed by atoms with van der Waals surface area (Å²) >= 11 is 0. The van der Waals surface area contributed by atoms with Crippen LogP contribution in [0.3, 0.4) is 0 Å². The van der Waals surface area contributed by atoms with Crippen LogP contribution in [0.4, 0.5) is 17.6 Å². The smallest absolute Gasteiger partial charge is 0.435 e. The molecule has 1 aromatic heterocycles. The van der Waals surface area contributed by atoms with E-state index < -0.39 is 29.3 Å². The molecule has 34 heavy (non-hydrogen) atoms. The number of carbonyl (C=O) groups is 1. The lowest BCUT2D eigenvalue weighted by Gasteiger charge is -2.32. The zero-order chi connectivity index (χ0) is 24.3. The first-order chi connectivity index (χ1) is 16.3. The van der Waals surface area contributed by atoms with E-state index in [0.717, 1.165) is 35.6 Å². The van der Waals surface area contributed by atoms with Crippen LogP contribution in [0, 0.1) is 5.82 Å². The number of methoxy groups -OCH3 is 1. The van der Waals surface area contributed by atoms with Gasteiger partial charge in [-0.25, -0.2) is 9.07 Å². The van der Waals surface area contributed by atoms with Crippen molar-refractivity contribution in [3.63, 3.8) is 0 Å². The molecule has 7 nitrogen and oxygen atoms in total. The summed E-state index contributed by atoms with van der Waals surface area (Å²) in [4.78, 5) is 14.9. The van der Waals surface area contributed by atoms with E-state index in [0.29, 0.717) is 37.2 Å². The van der Waals surface area contributed by atoms with Crippen molar-refractivity contribution in [1.82, 2.24) is 25.2 Å². The summed E-state index contributed by atoms with van der Waals surface area (Å²) in [6.07, 6.45) is -3.73. The quantitative estimate of drug-likeness (QED) is 0.547. The van der Waals surface area contributed by atoms with Crippen LogP contribution in [0.5, 0.6) is 5.75 Å². The number of carbonyl (C=O) groups excluding carboxylic acids is 1. The first-order valence-corrected chi connectivity index (χ1v) is 10.7. The van der Waals surface area contributed by atoms with E-state index in [-0.39, 0.29) is 11.7 Å². The first kappa shape index (κ1) is 23.7. The molecule has 180 valence electrons. The molecule has 0 unspecified atom stereocenters. The van der Waals surface area contributed by atoms with Crippen LogP contribution in [0.25, 0.3) is 5.69 Å². The van der Waals surface area contributed by atoms with Gasteiger partial charge in [0.1, 0.15) is 11.6 Å². The highest BCUT2D eigenvalue weighted by Gasteiger charge is 2.42. The third kappa shape index (κ3) is 5.19. The van der Waals surface area contributed by atoms with Crippen molar-refractivity contribution >= 4 is 5.91 Å². The number of amides is 1. The monoisotopic (exact) mass is 477 g/mol. The van der Waals surface area contributed by atoms with Gasteiger partial charge in [-0.3, -0.25) is 9.69 Å². The largest absolute Gasteiger partial charge is 0.496 e. The molecule has 1 N–H and O–H groups in total. The van der Waals surface area contributed by atoms with E-state index in [4.69, 9.17) is 4.74 Å². The third-order valence-corrected chi connectivity index (χ3v) is 5.73. The second-order valence-electron chi connectivity index (χ2n) is 8.01. The average molecular weight is 477 g/mol. The molecule has 0 atom stereocenters. The summed E-state index contributed by atoms with van der Waals surface area (Å²) in [6, 6.07) is 11.7. The molecule has 0 saturated carbocycles. The zero-order valence-electron chi connectivity index (χ0n) is 18.3. The Morgan fingerprint density at radius 2 is 1.79 bits per heavy atom. The number of hydrogen-bond acceptors (Lipinski definition) is 5. The van der Waals surface area contributed by atoms with Gasteiger partial charge < -0.3 is 10.1 Å². The van der Waals surface area contributed by atoms with E-state index in [1.807, 2.05) is 24.3 Å². The summed E-state index contributed by atoms with van der Waals surface area (Å²) in [5, 5.41) is 9.68. The van der Waals surface area contributed by atoms with Gasteiger partial charge in [0.25, 0.3) is 5.91 Å². The number of benzene rings is 2. The van der Waals surface area contributed by atoms with Crippen LogP contribution < -0.4 is 10.1 Å². The molecule has 4 rings (SSSR count). The summed E-state index contributed by atoms with van der Waals surface area (Å²) < 4.78 is 60.4. The van der Waals surface area contributed by atoms with Gasteiger partial charge >= 0.3 is 6.18 Å². The highest BCUT2D eigenvalue weighted by molar-refractivity contribution is 5.93. The minimum Gasteiger partial charge on any atom is -0.496 e. The number of halogens is 4. The van der Waals surface area contributed by atoms with E-state index >= 15 is 0 Å². The zero-order valence-corrected chi connectivity index (χ0v) is 18.3. The second kappa shape index (κ2) is 9.80. The Balaban J connectivity index is 1.43. The number of nitrogens with zero attached hydrogens (tertiary/aromatic N) is 4. The van der Waals surface area contributed by atoms with Gasteiger partial charge in [-0.1, -0.05) is 23.4 Å². The number of likely N-dealkylation sites (tertiary alicyclic amines) is 1. The van der Waals surface area contributed by atoms with Crippen LogP contribution in [-0.4, -0.2) is 52.0 Å². The highest BCUT2D eigenvalue weighted by atomic mass is 19.4. The van der Waals surface area contributed by atoms with Crippen LogP contribution in [0.2, 0.25) is 0 Å². The summed E-state index contributed by atoms with van der Waals surface area (Å²) in [5.41, 5.74) is -1.12. The Labute approximate surface area is 193 Å². The number of rotatable bonds is 6. The Bertz CT molecular complexity index is 1140. The fourth-order valence-electron chi connectivity index (χ4n) is 4.02. The molecule has 3 aromatic rings. The highest BCUT2D eigenvalue weighted by Crippen LogP contribution is 2.33. The summed E-state index contributed by atoms with van der Waals surface area (Å²) in [6.45, 7) is 2.00. The first-order valence-electron chi connectivity index (χ1n) is 10.7. The van der Waals surface area contributed by atoms with E-state index in [1.54, 1.807) is 7.11 Å². The molecule has 2 aromatic carbocycles. The van der Waals surface area contributed by atoms with Crippen LogP contribution in [0.1, 0.15) is 34.6 Å². The third-order valence-electron chi connectivity index (χ3n) is 5.73. The molecule has 0 aliphatic carbocycles. The minimum atomic E-state index is -4.89. The lowest BCUT2D eigenvalue weighted by Crippen LogP contribution is -2.44. The van der Waals surface area contributed by atoms with Crippen LogP contribution >= 0.6 is 0 Å². The number of nitrogens with one attached hydrogen (secondary N) is 1. The maximum Gasteiger partial charge on any atom is 0.435 e. The number of ether oxygens (including phenoxy) is 1. The Kier molecular flexibility index (Phi) is 6.82. The summed E-state index contributed by atoms with van der Waals surface area (Å²) in [5.74, 6) is -0.752. The van der Waals surface area contributed by atoms with Gasteiger partial charge in [-0.15, -0.1) is 5.10 Å². The Hall–Kier alpha value is -3.47. The normalized spacial score (nSPS) is 15.3. The van der Waals surface area contributed by atoms with Gasteiger partial charge in [-0.05, 0) is 43.2 Å². The van der Waals surface area contributed by atoms with E-state index in [2.05, 4.69) is 20.5 Å². The van der Waals surface area contributed by atoms with Crippen molar-refractivity contribution < 1.29 is 27.1 Å². The molecule has 0 radical (unpaired) electrons. The predicted molar refractivity (Wildman–Crippen MR) is 115 cm³/mol. The van der Waals surface area contributed by atoms with Gasteiger partial charge in [-0.2, -0.15) is 13.2 Å². The standard InChI is InChI=1S/C23H23F4N5O2/c1-34-19-5-3-2-4-15(19)14-31-12-10-17(11-13-31)28-22(33)20-21(23(25,26)27)32(30-29-20)18-8-6-16(24)7-9-18/h2-9,17H,10-14H2,1H3,(H,28,33). The molecule has 1 aliphatic heterocycles. The van der Waals surface area contributed by atoms with E-state index in [1.165, 1.54) is 0 Å². The van der Waals surface area contributed by atoms with Crippen molar-refractivity contribution in [3.8, 4) is 11.4 Å². The molecule has 0 spiro atoms. The number of piperidine rings is 1.